The largest absolute Gasteiger partial charge is 0.352 e. The van der Waals surface area contributed by atoms with Crippen molar-refractivity contribution >= 4 is 28.5 Å². The van der Waals surface area contributed by atoms with Gasteiger partial charge in [0.1, 0.15) is 11.5 Å². The molecule has 0 saturated carbocycles. The Balaban J connectivity index is 1.69. The topological polar surface area (TPSA) is 46.9 Å². The maximum Gasteiger partial charge on any atom is 0.254 e. The normalized spacial score (nSPS) is 10.9. The van der Waals surface area contributed by atoms with Crippen LogP contribution >= 0.6 is 11.6 Å². The summed E-state index contributed by atoms with van der Waals surface area (Å²) in [6.45, 7) is 0.402. The van der Waals surface area contributed by atoms with Gasteiger partial charge in [-0.05, 0) is 42.3 Å². The summed E-state index contributed by atoms with van der Waals surface area (Å²) < 4.78 is 15.6. The van der Waals surface area contributed by atoms with Crippen LogP contribution in [0.5, 0.6) is 0 Å². The second-order valence-electron chi connectivity index (χ2n) is 5.27. The van der Waals surface area contributed by atoms with Crippen molar-refractivity contribution in [3.8, 4) is 0 Å². The van der Waals surface area contributed by atoms with Gasteiger partial charge in [-0.2, -0.15) is 0 Å². The molecule has 0 saturated heterocycles. The molecule has 0 bridgehead atoms. The highest BCUT2D eigenvalue weighted by Gasteiger charge is 2.12. The lowest BCUT2D eigenvalue weighted by molar-refractivity contribution is 0.0950. The lowest BCUT2D eigenvalue weighted by Gasteiger charge is -2.06. The molecule has 0 spiro atoms. The molecule has 0 atom stereocenters. The van der Waals surface area contributed by atoms with Gasteiger partial charge in [0.05, 0.1) is 5.56 Å². The third kappa shape index (κ3) is 3.19. The first-order valence-electron chi connectivity index (χ1n) is 7.18. The van der Waals surface area contributed by atoms with Crippen LogP contribution in [0.15, 0.2) is 42.7 Å². The highest BCUT2D eigenvalue weighted by Crippen LogP contribution is 2.18. The number of amides is 1. The number of fused-ring (bicyclic) bond motifs is 1. The minimum Gasteiger partial charge on any atom is -0.352 e. The number of hydrogen-bond donors (Lipinski definition) is 1. The highest BCUT2D eigenvalue weighted by molar-refractivity contribution is 6.31. The molecule has 23 heavy (non-hydrogen) atoms. The summed E-state index contributed by atoms with van der Waals surface area (Å²) >= 11 is 5.80. The van der Waals surface area contributed by atoms with Crippen molar-refractivity contribution < 1.29 is 9.18 Å². The average Bonchev–Trinajstić information content (AvgIpc) is 2.86. The van der Waals surface area contributed by atoms with Crippen molar-refractivity contribution in [3.63, 3.8) is 0 Å². The minimum atomic E-state index is -0.582. The van der Waals surface area contributed by atoms with Crippen molar-refractivity contribution in [2.24, 2.45) is 7.05 Å². The van der Waals surface area contributed by atoms with E-state index in [1.165, 1.54) is 18.2 Å². The zero-order valence-corrected chi connectivity index (χ0v) is 13.3. The average molecular weight is 332 g/mol. The predicted octanol–water partition coefficient (Wildman–Crippen LogP) is 3.34. The van der Waals surface area contributed by atoms with Gasteiger partial charge in [-0.25, -0.2) is 9.37 Å². The maximum absolute atomic E-state index is 13.7. The molecule has 1 N–H and O–H groups in total. The monoisotopic (exact) mass is 331 g/mol. The molecule has 2 heterocycles. The summed E-state index contributed by atoms with van der Waals surface area (Å²) in [5.41, 5.74) is 1.94. The molecule has 0 radical (unpaired) electrons. The van der Waals surface area contributed by atoms with Gasteiger partial charge >= 0.3 is 0 Å². The number of aryl methyl sites for hydroxylation is 1. The van der Waals surface area contributed by atoms with E-state index >= 15 is 0 Å². The van der Waals surface area contributed by atoms with E-state index in [1.807, 2.05) is 29.9 Å². The SMILES string of the molecule is Cn1cc(CCNC(=O)c2cc(Cl)ccc2F)c2cccnc21. The molecule has 3 aromatic rings. The Morgan fingerprint density at radius 1 is 1.39 bits per heavy atom. The lowest BCUT2D eigenvalue weighted by Crippen LogP contribution is -2.26. The van der Waals surface area contributed by atoms with Gasteiger partial charge in [0.2, 0.25) is 0 Å². The van der Waals surface area contributed by atoms with E-state index in [0.717, 1.165) is 16.6 Å². The number of nitrogens with one attached hydrogen (secondary N) is 1. The van der Waals surface area contributed by atoms with Crippen molar-refractivity contribution in [2.75, 3.05) is 6.54 Å². The minimum absolute atomic E-state index is 0.0444. The number of aromatic nitrogens is 2. The highest BCUT2D eigenvalue weighted by atomic mass is 35.5. The number of carbonyl (C=O) groups is 1. The summed E-state index contributed by atoms with van der Waals surface area (Å²) in [4.78, 5) is 16.4. The number of rotatable bonds is 4. The summed E-state index contributed by atoms with van der Waals surface area (Å²) in [5, 5.41) is 4.11. The number of nitrogens with zero attached hydrogens (tertiary/aromatic N) is 2. The Labute approximate surface area is 137 Å². The Morgan fingerprint density at radius 2 is 2.22 bits per heavy atom. The molecular formula is C17H15ClFN3O. The van der Waals surface area contributed by atoms with Gasteiger partial charge in [-0.3, -0.25) is 4.79 Å². The van der Waals surface area contributed by atoms with Crippen LogP contribution in [0.25, 0.3) is 11.0 Å². The molecule has 6 heteroatoms. The zero-order chi connectivity index (χ0) is 16.4. The Bertz CT molecular complexity index is 875. The van der Waals surface area contributed by atoms with Crippen LogP contribution in [0.3, 0.4) is 0 Å². The van der Waals surface area contributed by atoms with Crippen LogP contribution in [-0.2, 0) is 13.5 Å². The van der Waals surface area contributed by atoms with Gasteiger partial charge in [-0.15, -0.1) is 0 Å². The molecule has 3 rings (SSSR count). The van der Waals surface area contributed by atoms with E-state index in [9.17, 15) is 9.18 Å². The molecule has 0 fully saturated rings. The molecule has 0 aliphatic heterocycles. The summed E-state index contributed by atoms with van der Waals surface area (Å²) in [7, 11) is 1.93. The van der Waals surface area contributed by atoms with E-state index in [2.05, 4.69) is 10.3 Å². The van der Waals surface area contributed by atoms with E-state index in [1.54, 1.807) is 6.20 Å². The van der Waals surface area contributed by atoms with Crippen molar-refractivity contribution in [1.29, 1.82) is 0 Å². The van der Waals surface area contributed by atoms with E-state index < -0.39 is 11.7 Å². The smallest absolute Gasteiger partial charge is 0.254 e. The number of carbonyl (C=O) groups excluding carboxylic acids is 1. The summed E-state index contributed by atoms with van der Waals surface area (Å²) in [5.74, 6) is -1.05. The second kappa shape index (κ2) is 6.38. The maximum atomic E-state index is 13.7. The number of pyridine rings is 1. The van der Waals surface area contributed by atoms with Crippen LogP contribution in [0.2, 0.25) is 5.02 Å². The molecule has 4 nitrogen and oxygen atoms in total. The predicted molar refractivity (Wildman–Crippen MR) is 88.2 cm³/mol. The van der Waals surface area contributed by atoms with E-state index in [0.29, 0.717) is 18.0 Å². The fourth-order valence-corrected chi connectivity index (χ4v) is 2.74. The van der Waals surface area contributed by atoms with Gasteiger partial charge in [0, 0.05) is 36.4 Å². The van der Waals surface area contributed by atoms with Crippen LogP contribution in [0.1, 0.15) is 15.9 Å². The fourth-order valence-electron chi connectivity index (χ4n) is 2.57. The second-order valence-corrected chi connectivity index (χ2v) is 5.71. The Kier molecular flexibility index (Phi) is 4.30. The van der Waals surface area contributed by atoms with Gasteiger partial charge in [0.15, 0.2) is 0 Å². The van der Waals surface area contributed by atoms with Crippen molar-refractivity contribution in [3.05, 3.63) is 64.7 Å². The standard InChI is InChI=1S/C17H15ClFN3O/c1-22-10-11(13-3-2-7-20-16(13)22)6-8-21-17(23)14-9-12(18)4-5-15(14)19/h2-5,7,9-10H,6,8H2,1H3,(H,21,23). The zero-order valence-electron chi connectivity index (χ0n) is 12.5. The summed E-state index contributed by atoms with van der Waals surface area (Å²) in [6, 6.07) is 7.81. The third-order valence-electron chi connectivity index (χ3n) is 3.67. The van der Waals surface area contributed by atoms with Gasteiger partial charge in [0.25, 0.3) is 5.91 Å². The van der Waals surface area contributed by atoms with E-state index in [-0.39, 0.29) is 5.56 Å². The summed E-state index contributed by atoms with van der Waals surface area (Å²) in [6.07, 6.45) is 4.37. The Hall–Kier alpha value is -2.40. The third-order valence-corrected chi connectivity index (χ3v) is 3.90. The lowest BCUT2D eigenvalue weighted by atomic mass is 10.1. The van der Waals surface area contributed by atoms with Crippen molar-refractivity contribution in [1.82, 2.24) is 14.9 Å². The number of benzene rings is 1. The molecular weight excluding hydrogens is 317 g/mol. The molecule has 1 aromatic carbocycles. The first-order chi connectivity index (χ1) is 11.1. The molecule has 0 aliphatic carbocycles. The Morgan fingerprint density at radius 3 is 3.04 bits per heavy atom. The number of hydrogen-bond acceptors (Lipinski definition) is 2. The molecule has 118 valence electrons. The first-order valence-corrected chi connectivity index (χ1v) is 7.56. The van der Waals surface area contributed by atoms with Crippen LogP contribution in [0.4, 0.5) is 4.39 Å². The molecule has 0 unspecified atom stereocenters. The van der Waals surface area contributed by atoms with Gasteiger partial charge in [-0.1, -0.05) is 11.6 Å². The van der Waals surface area contributed by atoms with Crippen LogP contribution < -0.4 is 5.32 Å². The molecule has 0 aliphatic rings. The first kappa shape index (κ1) is 15.5. The van der Waals surface area contributed by atoms with Crippen molar-refractivity contribution in [2.45, 2.75) is 6.42 Å². The fraction of sp³-hybridized carbons (Fsp3) is 0.176. The van der Waals surface area contributed by atoms with Crippen LogP contribution in [-0.4, -0.2) is 22.0 Å². The molecule has 1 amide bonds. The number of halogens is 2. The van der Waals surface area contributed by atoms with Crippen LogP contribution in [0, 0.1) is 5.82 Å². The molecule has 2 aromatic heterocycles. The van der Waals surface area contributed by atoms with Gasteiger partial charge < -0.3 is 9.88 Å². The quantitative estimate of drug-likeness (QED) is 0.797. The van der Waals surface area contributed by atoms with E-state index in [4.69, 9.17) is 11.6 Å².